The smallest absolute Gasteiger partial charge is 0.175 e. The fourth-order valence-electron chi connectivity index (χ4n) is 2.67. The van der Waals surface area contributed by atoms with Crippen LogP contribution in [0.2, 0.25) is 0 Å². The molecule has 0 saturated heterocycles. The molecular formula is C15H23NO2S. The van der Waals surface area contributed by atoms with Gasteiger partial charge in [0.15, 0.2) is 9.84 Å². The second kappa shape index (κ2) is 5.95. The van der Waals surface area contributed by atoms with Crippen LogP contribution in [0, 0.1) is 5.92 Å². The van der Waals surface area contributed by atoms with Crippen molar-refractivity contribution < 1.29 is 8.42 Å². The van der Waals surface area contributed by atoms with E-state index in [1.807, 2.05) is 12.1 Å². The van der Waals surface area contributed by atoms with Gasteiger partial charge in [-0.2, -0.15) is 0 Å². The van der Waals surface area contributed by atoms with Crippen LogP contribution >= 0.6 is 0 Å². The number of rotatable bonds is 3. The Bertz CT molecular complexity index is 507. The van der Waals surface area contributed by atoms with Crippen LogP contribution in [-0.4, -0.2) is 20.7 Å². The quantitative estimate of drug-likeness (QED) is 0.863. The van der Waals surface area contributed by atoms with Gasteiger partial charge in [0.2, 0.25) is 0 Å². The lowest BCUT2D eigenvalue weighted by atomic mass is 10.0. The molecule has 19 heavy (non-hydrogen) atoms. The van der Waals surface area contributed by atoms with Crippen molar-refractivity contribution in [2.45, 2.75) is 50.0 Å². The molecule has 2 unspecified atom stereocenters. The molecule has 1 fully saturated rings. The summed E-state index contributed by atoms with van der Waals surface area (Å²) < 4.78 is 22.8. The second-order valence-corrected chi connectivity index (χ2v) is 7.77. The van der Waals surface area contributed by atoms with Crippen molar-refractivity contribution in [3.8, 4) is 0 Å². The highest BCUT2D eigenvalue weighted by Gasteiger charge is 2.16. The molecule has 4 heteroatoms. The molecule has 1 saturated carbocycles. The van der Waals surface area contributed by atoms with Crippen molar-refractivity contribution in [3.63, 3.8) is 0 Å². The molecule has 0 spiro atoms. The fraction of sp³-hybridized carbons (Fsp3) is 0.600. The maximum atomic E-state index is 11.4. The first-order valence-electron chi connectivity index (χ1n) is 7.02. The number of sulfone groups is 1. The van der Waals surface area contributed by atoms with Gasteiger partial charge in [0.1, 0.15) is 0 Å². The van der Waals surface area contributed by atoms with Gasteiger partial charge >= 0.3 is 0 Å². The molecule has 0 heterocycles. The average molecular weight is 281 g/mol. The zero-order chi connectivity index (χ0) is 13.9. The summed E-state index contributed by atoms with van der Waals surface area (Å²) in [7, 11) is -3.09. The van der Waals surface area contributed by atoms with Crippen LogP contribution in [0.3, 0.4) is 0 Å². The van der Waals surface area contributed by atoms with E-state index >= 15 is 0 Å². The number of hydrogen-bond acceptors (Lipinski definition) is 3. The molecule has 0 aromatic heterocycles. The van der Waals surface area contributed by atoms with Gasteiger partial charge in [0, 0.05) is 18.0 Å². The molecular weight excluding hydrogens is 258 g/mol. The molecule has 3 nitrogen and oxygen atoms in total. The van der Waals surface area contributed by atoms with Crippen molar-refractivity contribution in [2.24, 2.45) is 5.92 Å². The summed E-state index contributed by atoms with van der Waals surface area (Å²) in [5.74, 6) is 0.833. The zero-order valence-electron chi connectivity index (χ0n) is 11.7. The first kappa shape index (κ1) is 14.4. The van der Waals surface area contributed by atoms with Gasteiger partial charge in [-0.1, -0.05) is 19.8 Å². The maximum Gasteiger partial charge on any atom is 0.175 e. The SMILES string of the molecule is CC1CCCC(Nc2ccc(S(C)(=O)=O)cc2)CC1. The van der Waals surface area contributed by atoms with Gasteiger partial charge < -0.3 is 5.32 Å². The van der Waals surface area contributed by atoms with Gasteiger partial charge in [0.25, 0.3) is 0 Å². The normalized spacial score (nSPS) is 24.7. The Hall–Kier alpha value is -1.03. The molecule has 0 amide bonds. The van der Waals surface area contributed by atoms with Crippen molar-refractivity contribution in [1.29, 1.82) is 0 Å². The largest absolute Gasteiger partial charge is 0.382 e. The van der Waals surface area contributed by atoms with Crippen LogP contribution in [0.1, 0.15) is 39.0 Å². The highest BCUT2D eigenvalue weighted by molar-refractivity contribution is 7.90. The Morgan fingerprint density at radius 3 is 2.37 bits per heavy atom. The number of nitrogens with one attached hydrogen (secondary N) is 1. The van der Waals surface area contributed by atoms with Crippen LogP contribution in [0.25, 0.3) is 0 Å². The van der Waals surface area contributed by atoms with E-state index in [4.69, 9.17) is 0 Å². The summed E-state index contributed by atoms with van der Waals surface area (Å²) in [6, 6.07) is 7.61. The predicted octanol–water partition coefficient (Wildman–Crippen LogP) is 3.47. The summed E-state index contributed by atoms with van der Waals surface area (Å²) in [5.41, 5.74) is 1.02. The van der Waals surface area contributed by atoms with Gasteiger partial charge in [-0.25, -0.2) is 8.42 Å². The highest BCUT2D eigenvalue weighted by Crippen LogP contribution is 2.25. The van der Waals surface area contributed by atoms with Gasteiger partial charge in [0.05, 0.1) is 4.90 Å². The van der Waals surface area contributed by atoms with E-state index in [9.17, 15) is 8.42 Å². The Labute approximate surface area is 116 Å². The molecule has 1 aliphatic rings. The molecule has 1 N–H and O–H groups in total. The van der Waals surface area contributed by atoms with Gasteiger partial charge in [-0.3, -0.25) is 0 Å². The van der Waals surface area contributed by atoms with Crippen molar-refractivity contribution >= 4 is 15.5 Å². The molecule has 0 bridgehead atoms. The van der Waals surface area contributed by atoms with E-state index in [2.05, 4.69) is 12.2 Å². The van der Waals surface area contributed by atoms with Crippen LogP contribution in [-0.2, 0) is 9.84 Å². The first-order valence-corrected chi connectivity index (χ1v) is 8.91. The van der Waals surface area contributed by atoms with E-state index in [1.165, 1.54) is 38.4 Å². The molecule has 1 aliphatic carbocycles. The average Bonchev–Trinajstić information content (AvgIpc) is 2.54. The third-order valence-electron chi connectivity index (χ3n) is 3.91. The standard InChI is InChI=1S/C15H23NO2S/c1-12-4-3-5-13(7-6-12)16-14-8-10-15(11-9-14)19(2,17)18/h8-13,16H,3-7H2,1-2H3. The lowest BCUT2D eigenvalue weighted by Gasteiger charge is -2.18. The maximum absolute atomic E-state index is 11.4. The first-order chi connectivity index (χ1) is 8.95. The summed E-state index contributed by atoms with van der Waals surface area (Å²) in [5, 5.41) is 3.53. The van der Waals surface area contributed by atoms with Crippen LogP contribution in [0.4, 0.5) is 5.69 Å². The Morgan fingerprint density at radius 1 is 1.05 bits per heavy atom. The van der Waals surface area contributed by atoms with E-state index in [-0.39, 0.29) is 0 Å². The summed E-state index contributed by atoms with van der Waals surface area (Å²) in [4.78, 5) is 0.382. The summed E-state index contributed by atoms with van der Waals surface area (Å²) >= 11 is 0. The number of benzene rings is 1. The van der Waals surface area contributed by atoms with E-state index in [0.717, 1.165) is 11.6 Å². The Morgan fingerprint density at radius 2 is 1.74 bits per heavy atom. The molecule has 106 valence electrons. The number of hydrogen-bond donors (Lipinski definition) is 1. The van der Waals surface area contributed by atoms with E-state index in [1.54, 1.807) is 12.1 Å². The molecule has 0 aliphatic heterocycles. The molecule has 2 rings (SSSR count). The van der Waals surface area contributed by atoms with Crippen LogP contribution in [0.15, 0.2) is 29.2 Å². The van der Waals surface area contributed by atoms with Gasteiger partial charge in [-0.05, 0) is 49.4 Å². The third kappa shape index (κ3) is 4.23. The molecule has 0 radical (unpaired) electrons. The highest BCUT2D eigenvalue weighted by atomic mass is 32.2. The van der Waals surface area contributed by atoms with Crippen molar-refractivity contribution in [2.75, 3.05) is 11.6 Å². The van der Waals surface area contributed by atoms with Crippen LogP contribution < -0.4 is 5.32 Å². The fourth-order valence-corrected chi connectivity index (χ4v) is 3.30. The molecule has 2 atom stereocenters. The lowest BCUT2D eigenvalue weighted by Crippen LogP contribution is -2.18. The minimum Gasteiger partial charge on any atom is -0.382 e. The lowest BCUT2D eigenvalue weighted by molar-refractivity contribution is 0.502. The zero-order valence-corrected chi connectivity index (χ0v) is 12.5. The topological polar surface area (TPSA) is 46.2 Å². The predicted molar refractivity (Wildman–Crippen MR) is 79.2 cm³/mol. The minimum atomic E-state index is -3.09. The van der Waals surface area contributed by atoms with Crippen LogP contribution in [0.5, 0.6) is 0 Å². The second-order valence-electron chi connectivity index (χ2n) is 5.75. The Kier molecular flexibility index (Phi) is 4.50. The third-order valence-corrected chi connectivity index (χ3v) is 5.04. The Balaban J connectivity index is 1.99. The summed E-state index contributed by atoms with van der Waals surface area (Å²) in [6.07, 6.45) is 7.53. The van der Waals surface area contributed by atoms with Gasteiger partial charge in [-0.15, -0.1) is 0 Å². The molecule has 1 aromatic rings. The van der Waals surface area contributed by atoms with E-state index in [0.29, 0.717) is 10.9 Å². The molecule has 1 aromatic carbocycles. The van der Waals surface area contributed by atoms with Crippen molar-refractivity contribution in [1.82, 2.24) is 0 Å². The monoisotopic (exact) mass is 281 g/mol. The minimum absolute atomic E-state index is 0.382. The van der Waals surface area contributed by atoms with E-state index < -0.39 is 9.84 Å². The summed E-state index contributed by atoms with van der Waals surface area (Å²) in [6.45, 7) is 2.32. The van der Waals surface area contributed by atoms with Crippen molar-refractivity contribution in [3.05, 3.63) is 24.3 Å². The number of anilines is 1.